The van der Waals surface area contributed by atoms with E-state index in [-0.39, 0.29) is 0 Å². The molecule has 3 nitrogen and oxygen atoms in total. The highest BCUT2D eigenvalue weighted by atomic mass is 15.1. The molecule has 0 unspecified atom stereocenters. The van der Waals surface area contributed by atoms with Gasteiger partial charge in [0.1, 0.15) is 0 Å². The summed E-state index contributed by atoms with van der Waals surface area (Å²) in [5.41, 5.74) is 15.7. The molecule has 0 radical (unpaired) electrons. The van der Waals surface area contributed by atoms with E-state index < -0.39 is 0 Å². The molecule has 60 heavy (non-hydrogen) atoms. The largest absolute Gasteiger partial charge is 0.336 e. The van der Waals surface area contributed by atoms with Crippen LogP contribution in [-0.2, 0) is 6.54 Å². The normalized spacial score (nSPS) is 11.1. The fraction of sp³-hybridized carbons (Fsp3) is 0.0175. The Hall–Kier alpha value is -7.88. The Morgan fingerprint density at radius 3 is 1.48 bits per heavy atom. The zero-order valence-electron chi connectivity index (χ0n) is 33.3. The molecule has 1 heterocycles. The van der Waals surface area contributed by atoms with E-state index in [1.165, 1.54) is 27.4 Å². The van der Waals surface area contributed by atoms with Gasteiger partial charge in [-0.25, -0.2) is 0 Å². The lowest BCUT2D eigenvalue weighted by atomic mass is 9.93. The Morgan fingerprint density at radius 2 is 0.883 bits per heavy atom. The summed E-state index contributed by atoms with van der Waals surface area (Å²) in [6.07, 6.45) is 0. The van der Waals surface area contributed by atoms with Crippen molar-refractivity contribution in [2.75, 3.05) is 9.80 Å². The fourth-order valence-corrected chi connectivity index (χ4v) is 8.46. The van der Waals surface area contributed by atoms with Crippen LogP contribution in [0.15, 0.2) is 243 Å². The number of benzene rings is 9. The Labute approximate surface area is 352 Å². The van der Waals surface area contributed by atoms with Crippen molar-refractivity contribution in [3.8, 4) is 16.8 Å². The van der Waals surface area contributed by atoms with Crippen molar-refractivity contribution in [2.24, 2.45) is 0 Å². The van der Waals surface area contributed by atoms with Crippen LogP contribution in [0, 0.1) is 0 Å². The molecule has 3 heteroatoms. The smallest absolute Gasteiger partial charge is 0.0541 e. The van der Waals surface area contributed by atoms with E-state index in [1.807, 2.05) is 0 Å². The summed E-state index contributed by atoms with van der Waals surface area (Å²) >= 11 is 0. The van der Waals surface area contributed by atoms with Crippen molar-refractivity contribution >= 4 is 55.8 Å². The lowest BCUT2D eigenvalue weighted by molar-refractivity contribution is 0.973. The Morgan fingerprint density at radius 1 is 0.417 bits per heavy atom. The van der Waals surface area contributed by atoms with Crippen LogP contribution in [-0.4, -0.2) is 4.57 Å². The first-order valence-electron chi connectivity index (χ1n) is 20.5. The monoisotopic (exact) mass is 769 g/mol. The lowest BCUT2D eigenvalue weighted by Crippen LogP contribution is -2.18. The highest BCUT2D eigenvalue weighted by Crippen LogP contribution is 2.41. The summed E-state index contributed by atoms with van der Waals surface area (Å²) in [4.78, 5) is 4.72. The average molecular weight is 770 g/mol. The van der Waals surface area contributed by atoms with Gasteiger partial charge < -0.3 is 14.4 Å². The highest BCUT2D eigenvalue weighted by molar-refractivity contribution is 6.09. The van der Waals surface area contributed by atoms with Gasteiger partial charge in [0, 0.05) is 57.0 Å². The number of hydrogen-bond acceptors (Lipinski definition) is 2. The van der Waals surface area contributed by atoms with Gasteiger partial charge in [-0.3, -0.25) is 0 Å². The lowest BCUT2D eigenvalue weighted by Gasteiger charge is -2.29. The average Bonchev–Trinajstić information content (AvgIpc) is 3.67. The van der Waals surface area contributed by atoms with Crippen LogP contribution in [0.5, 0.6) is 0 Å². The quantitative estimate of drug-likeness (QED) is 0.130. The zero-order chi connectivity index (χ0) is 40.3. The van der Waals surface area contributed by atoms with E-state index in [9.17, 15) is 0 Å². The van der Waals surface area contributed by atoms with Gasteiger partial charge in [0.2, 0.25) is 0 Å². The first kappa shape index (κ1) is 36.5. The Balaban J connectivity index is 1.03. The summed E-state index contributed by atoms with van der Waals surface area (Å²) in [6, 6.07) is 84.4. The SMILES string of the molecule is C=C(c1ccccc1)c1cc(-c2ccc(N(c3ccccc3)c3ccc(-n4c5ccccc5c5ccccc54)cc3)cc2)ccc1N(Cc1ccccc1)c1ccccc1. The number of fused-ring (bicyclic) bond motifs is 3. The van der Waals surface area contributed by atoms with Crippen LogP contribution in [0.3, 0.4) is 0 Å². The third-order valence-electron chi connectivity index (χ3n) is 11.4. The molecular weight excluding hydrogens is 727 g/mol. The van der Waals surface area contributed by atoms with Crippen molar-refractivity contribution in [1.82, 2.24) is 4.57 Å². The second kappa shape index (κ2) is 16.2. The first-order chi connectivity index (χ1) is 29.7. The number of rotatable bonds is 11. The number of anilines is 5. The molecule has 286 valence electrons. The second-order valence-corrected chi connectivity index (χ2v) is 15.1. The molecule has 0 aliphatic carbocycles. The molecule has 0 amide bonds. The Bertz CT molecular complexity index is 2990. The minimum atomic E-state index is 0.725. The first-order valence-corrected chi connectivity index (χ1v) is 20.5. The molecule has 0 bridgehead atoms. The van der Waals surface area contributed by atoms with Gasteiger partial charge in [-0.2, -0.15) is 0 Å². The van der Waals surface area contributed by atoms with Crippen LogP contribution < -0.4 is 9.80 Å². The van der Waals surface area contributed by atoms with E-state index >= 15 is 0 Å². The Kier molecular flexibility index (Phi) is 9.82. The molecule has 10 rings (SSSR count). The summed E-state index contributed by atoms with van der Waals surface area (Å²) in [5.74, 6) is 0. The van der Waals surface area contributed by atoms with Crippen LogP contribution in [0.25, 0.3) is 44.2 Å². The van der Waals surface area contributed by atoms with E-state index in [0.717, 1.165) is 68.5 Å². The van der Waals surface area contributed by atoms with Crippen LogP contribution in [0.2, 0.25) is 0 Å². The minimum absolute atomic E-state index is 0.725. The van der Waals surface area contributed by atoms with Crippen molar-refractivity contribution in [1.29, 1.82) is 0 Å². The van der Waals surface area contributed by atoms with Crippen LogP contribution in [0.4, 0.5) is 28.4 Å². The molecule has 0 atom stereocenters. The topological polar surface area (TPSA) is 11.4 Å². The fourth-order valence-electron chi connectivity index (χ4n) is 8.46. The molecule has 0 N–H and O–H groups in total. The van der Waals surface area contributed by atoms with Gasteiger partial charge in [0.25, 0.3) is 0 Å². The van der Waals surface area contributed by atoms with E-state index in [2.05, 4.69) is 251 Å². The molecule has 10 aromatic rings. The van der Waals surface area contributed by atoms with Gasteiger partial charge in [-0.1, -0.05) is 158 Å². The van der Waals surface area contributed by atoms with Crippen LogP contribution in [0.1, 0.15) is 16.7 Å². The summed E-state index contributed by atoms with van der Waals surface area (Å²) in [5, 5.41) is 2.52. The van der Waals surface area contributed by atoms with Crippen LogP contribution >= 0.6 is 0 Å². The van der Waals surface area contributed by atoms with E-state index in [0.29, 0.717) is 0 Å². The maximum absolute atomic E-state index is 4.70. The second-order valence-electron chi connectivity index (χ2n) is 15.1. The number of aromatic nitrogens is 1. The summed E-state index contributed by atoms with van der Waals surface area (Å²) < 4.78 is 2.36. The number of para-hydroxylation sites is 4. The molecule has 0 aliphatic rings. The van der Waals surface area contributed by atoms with Crippen molar-refractivity contribution in [3.63, 3.8) is 0 Å². The molecule has 0 saturated carbocycles. The molecule has 0 spiro atoms. The zero-order valence-corrected chi connectivity index (χ0v) is 33.3. The maximum atomic E-state index is 4.70. The minimum Gasteiger partial charge on any atom is -0.336 e. The number of nitrogens with zero attached hydrogens (tertiary/aromatic N) is 3. The standard InChI is InChI=1S/C57H43N3/c1-42(44-20-8-3-9-21-44)54-40-46(32-39-55(54)58(47-22-10-4-11-23-47)41-43-18-6-2-7-19-43)45-30-33-49(34-31-45)59(48-24-12-5-13-25-48)50-35-37-51(38-36-50)60-56-28-16-14-26-52(56)53-27-15-17-29-57(53)60/h2-40H,1,41H2. The highest BCUT2D eigenvalue weighted by Gasteiger charge is 2.19. The molecular formula is C57H43N3. The van der Waals surface area contributed by atoms with E-state index in [4.69, 9.17) is 6.58 Å². The predicted molar refractivity (Wildman–Crippen MR) is 254 cm³/mol. The summed E-state index contributed by atoms with van der Waals surface area (Å²) in [6.45, 7) is 5.42. The molecule has 0 saturated heterocycles. The molecule has 9 aromatic carbocycles. The van der Waals surface area contributed by atoms with Gasteiger partial charge >= 0.3 is 0 Å². The molecule has 1 aromatic heterocycles. The third kappa shape index (κ3) is 7.03. The maximum Gasteiger partial charge on any atom is 0.0541 e. The summed E-state index contributed by atoms with van der Waals surface area (Å²) in [7, 11) is 0. The van der Waals surface area contributed by atoms with E-state index in [1.54, 1.807) is 0 Å². The van der Waals surface area contributed by atoms with Crippen molar-refractivity contribution < 1.29 is 0 Å². The van der Waals surface area contributed by atoms with Crippen molar-refractivity contribution in [3.05, 3.63) is 260 Å². The van der Waals surface area contributed by atoms with Gasteiger partial charge in [0.05, 0.1) is 11.0 Å². The predicted octanol–water partition coefficient (Wildman–Crippen LogP) is 15.3. The van der Waals surface area contributed by atoms with Gasteiger partial charge in [-0.05, 0) is 113 Å². The molecule has 0 aliphatic heterocycles. The van der Waals surface area contributed by atoms with Gasteiger partial charge in [0.15, 0.2) is 0 Å². The third-order valence-corrected chi connectivity index (χ3v) is 11.4. The molecule has 0 fully saturated rings. The van der Waals surface area contributed by atoms with Gasteiger partial charge in [-0.15, -0.1) is 0 Å². The van der Waals surface area contributed by atoms with Crippen molar-refractivity contribution in [2.45, 2.75) is 6.54 Å². The number of hydrogen-bond donors (Lipinski definition) is 0.